The molecule has 1 unspecified atom stereocenters. The van der Waals surface area contributed by atoms with Crippen molar-refractivity contribution in [1.29, 1.82) is 0 Å². The Bertz CT molecular complexity index is 598. The van der Waals surface area contributed by atoms with Crippen LogP contribution >= 0.6 is 0 Å². The van der Waals surface area contributed by atoms with Crippen LogP contribution in [0.25, 0.3) is 6.08 Å². The summed E-state index contributed by atoms with van der Waals surface area (Å²) in [6.45, 7) is 4.86. The van der Waals surface area contributed by atoms with Crippen LogP contribution in [0.4, 0.5) is 0 Å². The maximum absolute atomic E-state index is 2.46. The van der Waals surface area contributed by atoms with Crippen molar-refractivity contribution in [1.82, 2.24) is 0 Å². The molecule has 0 aliphatic heterocycles. The average Bonchev–Trinajstić information content (AvgIpc) is 2.81. The molecule has 0 nitrogen and oxygen atoms in total. The van der Waals surface area contributed by atoms with E-state index in [1.54, 1.807) is 0 Å². The molecule has 95 valence electrons. The minimum absolute atomic E-state index is 0.253. The molecule has 0 aromatic heterocycles. The summed E-state index contributed by atoms with van der Waals surface area (Å²) in [6, 6.07) is 19.8. The number of hydrogen-bond donors (Lipinski definition) is 0. The molecule has 1 radical (unpaired) electrons. The number of allylic oxidation sites excluding steroid dienone is 1. The fraction of sp³-hybridized carbons (Fsp3) is 0.222. The van der Waals surface area contributed by atoms with Crippen LogP contribution in [0.3, 0.4) is 0 Å². The average molecular weight is 263 g/mol. The highest BCUT2D eigenvalue weighted by Crippen LogP contribution is 2.40. The Morgan fingerprint density at radius 3 is 2.32 bits per heavy atom. The summed E-state index contributed by atoms with van der Waals surface area (Å²) in [5.41, 5.74) is 4.37. The Balaban J connectivity index is 2.06. The van der Waals surface area contributed by atoms with Crippen molar-refractivity contribution in [3.05, 3.63) is 77.4 Å². The molecule has 0 saturated heterocycles. The second kappa shape index (κ2) is 4.82. The summed E-state index contributed by atoms with van der Waals surface area (Å²) in [6.07, 6.45) is 5.90. The summed E-state index contributed by atoms with van der Waals surface area (Å²) < 4.78 is 0. The second-order valence-corrected chi connectivity index (χ2v) is 8.45. The smallest absolute Gasteiger partial charge is 0.0594 e. The number of hydrogen-bond acceptors (Lipinski definition) is 0. The molecule has 2 aromatic carbocycles. The summed E-state index contributed by atoms with van der Waals surface area (Å²) in [7, 11) is -0.468. The van der Waals surface area contributed by atoms with E-state index in [0.717, 1.165) is 6.42 Å². The third kappa shape index (κ3) is 2.08. The quantitative estimate of drug-likeness (QED) is 0.716. The third-order valence-corrected chi connectivity index (χ3v) is 6.60. The number of fused-ring (bicyclic) bond motifs is 1. The predicted molar refractivity (Wildman–Crippen MR) is 84.8 cm³/mol. The Morgan fingerprint density at radius 1 is 0.895 bits per heavy atom. The lowest BCUT2D eigenvalue weighted by Gasteiger charge is -2.33. The minimum atomic E-state index is -0.468. The van der Waals surface area contributed by atoms with E-state index < -0.39 is 8.80 Å². The maximum atomic E-state index is 2.46. The Morgan fingerprint density at radius 2 is 1.58 bits per heavy atom. The van der Waals surface area contributed by atoms with Gasteiger partial charge in [-0.2, -0.15) is 0 Å². The largest absolute Gasteiger partial charge is 0.0760 e. The van der Waals surface area contributed by atoms with Crippen LogP contribution in [-0.2, 0) is 11.5 Å². The van der Waals surface area contributed by atoms with E-state index in [2.05, 4.69) is 79.8 Å². The lowest BCUT2D eigenvalue weighted by molar-refractivity contribution is 0.738. The fourth-order valence-corrected chi connectivity index (χ4v) is 4.80. The molecule has 0 spiro atoms. The molecule has 2 aromatic rings. The van der Waals surface area contributed by atoms with Crippen molar-refractivity contribution in [3.8, 4) is 0 Å². The second-order valence-electron chi connectivity index (χ2n) is 5.55. The van der Waals surface area contributed by atoms with Gasteiger partial charge in [0.05, 0.1) is 8.80 Å². The Hall–Kier alpha value is -1.60. The Kier molecular flexibility index (Phi) is 3.15. The van der Waals surface area contributed by atoms with Crippen LogP contribution in [0, 0.1) is 0 Å². The van der Waals surface area contributed by atoms with Gasteiger partial charge in [0.15, 0.2) is 0 Å². The molecule has 19 heavy (non-hydrogen) atoms. The van der Waals surface area contributed by atoms with Crippen molar-refractivity contribution < 1.29 is 0 Å². The monoisotopic (exact) mass is 263 g/mol. The van der Waals surface area contributed by atoms with Crippen LogP contribution in [0.1, 0.15) is 16.7 Å². The molecule has 1 aliphatic carbocycles. The first-order valence-corrected chi connectivity index (χ1v) is 9.36. The molecule has 1 atom stereocenters. The summed E-state index contributed by atoms with van der Waals surface area (Å²) >= 11 is 0. The molecule has 3 rings (SSSR count). The SMILES string of the molecule is C[Si](C)C1(Cc2ccccc2)C=Cc2ccccc21. The zero-order valence-corrected chi connectivity index (χ0v) is 12.6. The third-order valence-electron chi connectivity index (χ3n) is 4.21. The van der Waals surface area contributed by atoms with E-state index in [0.29, 0.717) is 0 Å². The van der Waals surface area contributed by atoms with Crippen LogP contribution in [0.2, 0.25) is 13.1 Å². The highest BCUT2D eigenvalue weighted by atomic mass is 28.3. The zero-order valence-electron chi connectivity index (χ0n) is 11.6. The minimum Gasteiger partial charge on any atom is -0.0760 e. The van der Waals surface area contributed by atoms with Gasteiger partial charge in [-0.05, 0) is 23.1 Å². The van der Waals surface area contributed by atoms with Gasteiger partial charge in [-0.25, -0.2) is 0 Å². The van der Waals surface area contributed by atoms with Crippen molar-refractivity contribution in [2.45, 2.75) is 24.6 Å². The fourth-order valence-electron chi connectivity index (χ4n) is 3.06. The molecule has 0 amide bonds. The van der Waals surface area contributed by atoms with E-state index in [1.165, 1.54) is 16.7 Å². The van der Waals surface area contributed by atoms with Crippen molar-refractivity contribution in [2.24, 2.45) is 0 Å². The standard InChI is InChI=1S/C18H19Si/c1-19(2)18(14-15-8-4-3-5-9-15)13-12-16-10-6-7-11-17(16)18/h3-13H,14H2,1-2H3. The summed E-state index contributed by atoms with van der Waals surface area (Å²) in [5, 5.41) is 0.253. The molecule has 0 fully saturated rings. The van der Waals surface area contributed by atoms with Crippen molar-refractivity contribution in [2.75, 3.05) is 0 Å². The van der Waals surface area contributed by atoms with E-state index in [9.17, 15) is 0 Å². The van der Waals surface area contributed by atoms with Crippen LogP contribution < -0.4 is 0 Å². The van der Waals surface area contributed by atoms with E-state index in [1.807, 2.05) is 0 Å². The van der Waals surface area contributed by atoms with Gasteiger partial charge in [-0.3, -0.25) is 0 Å². The van der Waals surface area contributed by atoms with Gasteiger partial charge in [-0.15, -0.1) is 0 Å². The molecule has 0 bridgehead atoms. The lowest BCUT2D eigenvalue weighted by atomic mass is 9.92. The van der Waals surface area contributed by atoms with Crippen LogP contribution in [-0.4, -0.2) is 8.80 Å². The van der Waals surface area contributed by atoms with Crippen LogP contribution in [0.15, 0.2) is 60.7 Å². The topological polar surface area (TPSA) is 0 Å². The first kappa shape index (κ1) is 12.4. The van der Waals surface area contributed by atoms with Crippen LogP contribution in [0.5, 0.6) is 0 Å². The van der Waals surface area contributed by atoms with Crippen molar-refractivity contribution >= 4 is 14.9 Å². The van der Waals surface area contributed by atoms with E-state index in [4.69, 9.17) is 0 Å². The first-order valence-electron chi connectivity index (χ1n) is 6.86. The molecular formula is C18H19Si. The molecule has 0 saturated carbocycles. The highest BCUT2D eigenvalue weighted by molar-refractivity contribution is 6.60. The van der Waals surface area contributed by atoms with Gasteiger partial charge >= 0.3 is 0 Å². The molecule has 1 aliphatic rings. The van der Waals surface area contributed by atoms with Crippen molar-refractivity contribution in [3.63, 3.8) is 0 Å². The number of benzene rings is 2. The van der Waals surface area contributed by atoms with Gasteiger partial charge in [0.1, 0.15) is 0 Å². The maximum Gasteiger partial charge on any atom is 0.0594 e. The summed E-state index contributed by atoms with van der Waals surface area (Å²) in [5.74, 6) is 0. The molecule has 1 heteroatoms. The van der Waals surface area contributed by atoms with Gasteiger partial charge in [0.2, 0.25) is 0 Å². The first-order chi connectivity index (χ1) is 9.22. The van der Waals surface area contributed by atoms with Gasteiger partial charge < -0.3 is 0 Å². The van der Waals surface area contributed by atoms with Gasteiger partial charge in [-0.1, -0.05) is 79.8 Å². The summed E-state index contributed by atoms with van der Waals surface area (Å²) in [4.78, 5) is 0. The lowest BCUT2D eigenvalue weighted by Crippen LogP contribution is -2.38. The molecular weight excluding hydrogens is 244 g/mol. The van der Waals surface area contributed by atoms with Gasteiger partial charge in [0, 0.05) is 5.04 Å². The predicted octanol–water partition coefficient (Wildman–Crippen LogP) is 4.49. The Labute approximate surface area is 117 Å². The highest BCUT2D eigenvalue weighted by Gasteiger charge is 2.38. The molecule has 0 N–H and O–H groups in total. The van der Waals surface area contributed by atoms with E-state index in [-0.39, 0.29) is 5.04 Å². The number of rotatable bonds is 3. The van der Waals surface area contributed by atoms with E-state index >= 15 is 0 Å². The van der Waals surface area contributed by atoms with Gasteiger partial charge in [0.25, 0.3) is 0 Å². The molecule has 0 heterocycles. The normalized spacial score (nSPS) is 20.8. The zero-order chi connectivity index (χ0) is 13.3.